The molecule has 0 bridgehead atoms. The largest absolute Gasteiger partial charge is 0.493 e. The van der Waals surface area contributed by atoms with Crippen molar-refractivity contribution in [3.8, 4) is 11.5 Å². The van der Waals surface area contributed by atoms with Crippen molar-refractivity contribution in [1.82, 2.24) is 24.9 Å². The number of aldehydes is 1. The molecule has 0 aliphatic carbocycles. The van der Waals surface area contributed by atoms with Gasteiger partial charge in [0.05, 0.1) is 61.1 Å². The molecule has 1 N–H and O–H groups in total. The molecule has 5 rings (SSSR count). The molecule has 0 aromatic heterocycles. The van der Waals surface area contributed by atoms with Crippen molar-refractivity contribution in [2.24, 2.45) is 0 Å². The van der Waals surface area contributed by atoms with Gasteiger partial charge in [0.15, 0.2) is 6.29 Å². The number of ether oxygens (including phenoxy) is 8. The highest BCUT2D eigenvalue weighted by molar-refractivity contribution is 6.01. The minimum atomic E-state index is -0.886. The highest BCUT2D eigenvalue weighted by Gasteiger charge is 2.41. The van der Waals surface area contributed by atoms with Crippen molar-refractivity contribution >= 4 is 42.2 Å². The molecule has 0 unspecified atom stereocenters. The van der Waals surface area contributed by atoms with Gasteiger partial charge in [0, 0.05) is 107 Å². The first-order chi connectivity index (χ1) is 38.7. The summed E-state index contributed by atoms with van der Waals surface area (Å²) in [5, 5.41) is 3.16. The highest BCUT2D eigenvalue weighted by atomic mass is 16.6. The topological polar surface area (TPSA) is 218 Å². The number of carbonyl (C=O) groups excluding carboxylic acids is 7. The van der Waals surface area contributed by atoms with Crippen molar-refractivity contribution in [2.45, 2.75) is 177 Å². The zero-order valence-corrected chi connectivity index (χ0v) is 51.7. The second-order valence-corrected chi connectivity index (χ2v) is 23.1. The summed E-state index contributed by atoms with van der Waals surface area (Å²) in [4.78, 5) is 98.8. The fourth-order valence-corrected chi connectivity index (χ4v) is 10.2. The standard InChI is InChI=1S/C37H55N3O9.C25H38N2O6/c1-11-46-34(42)30-24(5)38-25(6)31(35(43)47-12-2)32(30)28-17-16-26(21-29(28)48-20-14-19-45-10)33(41)40(23(3)4)27-15-13-18-39(22-27)36(44)49-37(7,8)9;1-18(2)27(21-9-7-12-26(16-21)24(30)33-25(3,4)5)23(29)19-10-11-20(17-28)22(15-19)32-14-8-13-31-6/h16-17,21,23,27,32,38H,11-15,18-20,22H2,1-10H3;10-11,15,17-18,21H,7-9,12-14,16H2,1-6H3/t27-;21-/m11/s1. The van der Waals surface area contributed by atoms with Crippen LogP contribution in [-0.4, -0.2) is 177 Å². The molecule has 20 heteroatoms. The number of nitrogens with one attached hydrogen (secondary N) is 1. The summed E-state index contributed by atoms with van der Waals surface area (Å²) in [6.45, 7) is 29.7. The van der Waals surface area contributed by atoms with Gasteiger partial charge in [-0.3, -0.25) is 14.4 Å². The van der Waals surface area contributed by atoms with E-state index in [0.29, 0.717) is 104 Å². The second kappa shape index (κ2) is 31.7. The molecule has 2 aromatic rings. The molecule has 3 aliphatic heterocycles. The molecule has 2 aromatic carbocycles. The highest BCUT2D eigenvalue weighted by Crippen LogP contribution is 2.44. The van der Waals surface area contributed by atoms with Crippen molar-refractivity contribution in [3.63, 3.8) is 0 Å². The van der Waals surface area contributed by atoms with E-state index in [9.17, 15) is 33.6 Å². The number of amides is 4. The van der Waals surface area contributed by atoms with E-state index in [1.807, 2.05) is 79.0 Å². The smallest absolute Gasteiger partial charge is 0.410 e. The number of dihydropyridines is 1. The fraction of sp³-hybridized carbons (Fsp3) is 0.629. The lowest BCUT2D eigenvalue weighted by atomic mass is 9.79. The van der Waals surface area contributed by atoms with Crippen molar-refractivity contribution in [2.75, 3.05) is 80.0 Å². The van der Waals surface area contributed by atoms with Gasteiger partial charge in [0.1, 0.15) is 22.7 Å². The molecule has 2 fully saturated rings. The van der Waals surface area contributed by atoms with Crippen LogP contribution >= 0.6 is 0 Å². The molecule has 0 saturated carbocycles. The van der Waals surface area contributed by atoms with Gasteiger partial charge in [-0.15, -0.1) is 0 Å². The summed E-state index contributed by atoms with van der Waals surface area (Å²) in [6.07, 6.45) is 4.27. The first kappa shape index (κ1) is 67.8. The van der Waals surface area contributed by atoms with Crippen LogP contribution in [0.3, 0.4) is 0 Å². The number of likely N-dealkylation sites (tertiary alicyclic amines) is 2. The van der Waals surface area contributed by atoms with Crippen molar-refractivity contribution in [1.29, 1.82) is 0 Å². The van der Waals surface area contributed by atoms with E-state index in [0.717, 1.165) is 32.0 Å². The molecular formula is C62H93N5O15. The predicted molar refractivity (Wildman–Crippen MR) is 311 cm³/mol. The molecule has 20 nitrogen and oxygen atoms in total. The zero-order valence-electron chi connectivity index (χ0n) is 51.7. The first-order valence-corrected chi connectivity index (χ1v) is 28.8. The van der Waals surface area contributed by atoms with Gasteiger partial charge >= 0.3 is 24.1 Å². The summed E-state index contributed by atoms with van der Waals surface area (Å²) in [7, 11) is 3.22. The summed E-state index contributed by atoms with van der Waals surface area (Å²) in [6, 6.07) is 9.39. The number of allylic oxidation sites excluding steroid dienone is 2. The van der Waals surface area contributed by atoms with Crippen LogP contribution in [0.2, 0.25) is 0 Å². The Hall–Kier alpha value is -6.67. The van der Waals surface area contributed by atoms with E-state index in [1.165, 1.54) is 0 Å². The van der Waals surface area contributed by atoms with E-state index in [1.54, 1.807) is 88.1 Å². The summed E-state index contributed by atoms with van der Waals surface area (Å²) >= 11 is 0. The summed E-state index contributed by atoms with van der Waals surface area (Å²) in [5.74, 6) is -1.68. The van der Waals surface area contributed by atoms with Crippen LogP contribution in [0.25, 0.3) is 0 Å². The summed E-state index contributed by atoms with van der Waals surface area (Å²) in [5.41, 5.74) is 2.12. The van der Waals surface area contributed by atoms with Crippen LogP contribution in [0.5, 0.6) is 11.5 Å². The lowest BCUT2D eigenvalue weighted by Gasteiger charge is -2.41. The minimum Gasteiger partial charge on any atom is -0.493 e. The monoisotopic (exact) mass is 1150 g/mol. The average molecular weight is 1150 g/mol. The Morgan fingerprint density at radius 1 is 0.634 bits per heavy atom. The van der Waals surface area contributed by atoms with Crippen LogP contribution in [0, 0.1) is 0 Å². The maximum atomic E-state index is 14.4. The number of benzene rings is 2. The van der Waals surface area contributed by atoms with Crippen molar-refractivity contribution < 1.29 is 71.5 Å². The maximum absolute atomic E-state index is 14.4. The molecule has 2 atom stereocenters. The van der Waals surface area contributed by atoms with Gasteiger partial charge in [-0.2, -0.15) is 0 Å². The van der Waals surface area contributed by atoms with Gasteiger partial charge in [-0.05, 0) is 153 Å². The number of carbonyl (C=O) groups is 7. The third-order valence-corrected chi connectivity index (χ3v) is 13.7. The van der Waals surface area contributed by atoms with Gasteiger partial charge in [-0.25, -0.2) is 19.2 Å². The Labute approximate surface area is 486 Å². The normalized spacial score (nSPS) is 16.9. The van der Waals surface area contributed by atoms with Gasteiger partial charge in [-0.1, -0.05) is 6.07 Å². The number of esters is 2. The molecule has 82 heavy (non-hydrogen) atoms. The van der Waals surface area contributed by atoms with E-state index in [-0.39, 0.29) is 73.0 Å². The average Bonchev–Trinajstić information content (AvgIpc) is 3.46. The Kier molecular flexibility index (Phi) is 26.2. The zero-order chi connectivity index (χ0) is 61.1. The van der Waals surface area contributed by atoms with Crippen LogP contribution in [0.15, 0.2) is 58.9 Å². The molecule has 456 valence electrons. The predicted octanol–water partition coefficient (Wildman–Crippen LogP) is 9.88. The Morgan fingerprint density at radius 3 is 1.44 bits per heavy atom. The third-order valence-electron chi connectivity index (χ3n) is 13.7. The number of piperidine rings is 2. The van der Waals surface area contributed by atoms with E-state index >= 15 is 0 Å². The molecule has 3 heterocycles. The van der Waals surface area contributed by atoms with E-state index < -0.39 is 35.2 Å². The Morgan fingerprint density at radius 2 is 1.05 bits per heavy atom. The van der Waals surface area contributed by atoms with Crippen LogP contribution in [0.1, 0.15) is 178 Å². The number of methoxy groups -OCH3 is 2. The van der Waals surface area contributed by atoms with Gasteiger partial charge in [0.25, 0.3) is 11.8 Å². The third kappa shape index (κ3) is 19.2. The maximum Gasteiger partial charge on any atom is 0.410 e. The number of hydrogen-bond donors (Lipinski definition) is 1. The molecular weight excluding hydrogens is 1050 g/mol. The molecule has 0 spiro atoms. The Balaban J connectivity index is 0.000000381. The quantitative estimate of drug-likeness (QED) is 0.0502. The van der Waals surface area contributed by atoms with Crippen LogP contribution in [0.4, 0.5) is 9.59 Å². The fourth-order valence-electron chi connectivity index (χ4n) is 10.2. The lowest BCUT2D eigenvalue weighted by molar-refractivity contribution is -0.139. The number of nitrogens with zero attached hydrogens (tertiary/aromatic N) is 4. The van der Waals surface area contributed by atoms with Crippen LogP contribution in [-0.2, 0) is 38.0 Å². The van der Waals surface area contributed by atoms with E-state index in [4.69, 9.17) is 37.9 Å². The second-order valence-electron chi connectivity index (χ2n) is 23.1. The first-order valence-electron chi connectivity index (χ1n) is 28.8. The van der Waals surface area contributed by atoms with E-state index in [2.05, 4.69) is 5.32 Å². The lowest BCUT2D eigenvalue weighted by Crippen LogP contribution is -2.54. The molecule has 4 amide bonds. The molecule has 0 radical (unpaired) electrons. The Bertz CT molecular complexity index is 2540. The number of rotatable bonds is 22. The SMILES string of the molecule is CCOC(=O)C1=C(C)NC(C)=C(C(=O)OCC)C1c1ccc(C(=O)N(C(C)C)[C@@H]2CCCN(C(=O)OC(C)(C)C)C2)cc1OCCCOC.COCCCOc1cc(C(=O)N(C(C)C)[C@@H]2CCCN(C(=O)OC(C)(C)C)C2)ccc1C=O. The van der Waals surface area contributed by atoms with Gasteiger partial charge in [0.2, 0.25) is 0 Å². The molecule has 3 aliphatic rings. The van der Waals surface area contributed by atoms with Crippen molar-refractivity contribution in [3.05, 3.63) is 81.2 Å². The molecule has 2 saturated heterocycles. The minimum absolute atomic E-state index is 0.0714. The van der Waals surface area contributed by atoms with Gasteiger partial charge < -0.3 is 62.8 Å². The van der Waals surface area contributed by atoms with Crippen LogP contribution < -0.4 is 14.8 Å². The summed E-state index contributed by atoms with van der Waals surface area (Å²) < 4.78 is 44.4. The number of hydrogen-bond acceptors (Lipinski definition) is 16.